The second-order valence-corrected chi connectivity index (χ2v) is 12.4. The number of hydrogen-bond donors (Lipinski definition) is 1. The third-order valence-corrected chi connectivity index (χ3v) is 9.24. The Labute approximate surface area is 273 Å². The highest BCUT2D eigenvalue weighted by molar-refractivity contribution is 5.95. The zero-order chi connectivity index (χ0) is 33.3. The number of amides is 3. The molecule has 3 heterocycles. The monoisotopic (exact) mass is 645 g/mol. The van der Waals surface area contributed by atoms with Crippen LogP contribution in [0, 0.1) is 18.7 Å². The smallest absolute Gasteiger partial charge is 0.332 e. The second-order valence-electron chi connectivity index (χ2n) is 12.4. The summed E-state index contributed by atoms with van der Waals surface area (Å²) in [5.41, 5.74) is 0.637. The third-order valence-electron chi connectivity index (χ3n) is 9.24. The number of aromatic nitrogens is 2. The SMILES string of the molecule is CCOC(=O)C12CC1/C=C\CCCCN(C)C(=O)N1CC(Oc3nc(-c4cccc(F)c4)nc4c(C)c(OC)ccc34)CC1C(=O)N2. The minimum atomic E-state index is -1.16. The molecule has 4 atom stereocenters. The minimum absolute atomic E-state index is 0.118. The number of carbonyl (C=O) groups excluding carboxylic acids is 3. The van der Waals surface area contributed by atoms with Crippen LogP contribution in [-0.2, 0) is 14.3 Å². The molecule has 0 radical (unpaired) electrons. The Morgan fingerprint density at radius 3 is 2.77 bits per heavy atom. The number of hydrogen-bond acceptors (Lipinski definition) is 8. The second kappa shape index (κ2) is 13.2. The van der Waals surface area contributed by atoms with Gasteiger partial charge in [-0.15, -0.1) is 0 Å². The number of nitrogens with one attached hydrogen (secondary N) is 1. The molecular formula is C35H40FN5O6. The van der Waals surface area contributed by atoms with Gasteiger partial charge in [0.2, 0.25) is 11.8 Å². The number of esters is 1. The van der Waals surface area contributed by atoms with Crippen molar-refractivity contribution in [2.75, 3.05) is 33.9 Å². The molecule has 3 amide bonds. The largest absolute Gasteiger partial charge is 0.496 e. The summed E-state index contributed by atoms with van der Waals surface area (Å²) >= 11 is 0. The van der Waals surface area contributed by atoms with Crippen LogP contribution in [-0.4, -0.2) is 89.2 Å². The topological polar surface area (TPSA) is 123 Å². The van der Waals surface area contributed by atoms with E-state index >= 15 is 0 Å². The van der Waals surface area contributed by atoms with Crippen molar-refractivity contribution in [2.45, 2.75) is 63.6 Å². The molecule has 1 saturated heterocycles. The van der Waals surface area contributed by atoms with Gasteiger partial charge in [0.1, 0.15) is 29.3 Å². The van der Waals surface area contributed by atoms with E-state index in [4.69, 9.17) is 24.2 Å². The van der Waals surface area contributed by atoms with Crippen LogP contribution >= 0.6 is 0 Å². The Balaban J connectivity index is 1.35. The number of carbonyl (C=O) groups is 3. The van der Waals surface area contributed by atoms with Crippen molar-refractivity contribution in [2.24, 2.45) is 5.92 Å². The average molecular weight is 646 g/mol. The molecule has 1 aromatic heterocycles. The number of halogens is 1. The van der Waals surface area contributed by atoms with E-state index in [-0.39, 0.29) is 43.2 Å². The number of ether oxygens (including phenoxy) is 3. The van der Waals surface area contributed by atoms with Gasteiger partial charge < -0.3 is 29.3 Å². The predicted octanol–water partition coefficient (Wildman–Crippen LogP) is 4.80. The lowest BCUT2D eigenvalue weighted by Crippen LogP contribution is -2.55. The molecular weight excluding hydrogens is 605 g/mol. The Kier molecular flexibility index (Phi) is 9.03. The van der Waals surface area contributed by atoms with Crippen molar-refractivity contribution >= 4 is 28.8 Å². The van der Waals surface area contributed by atoms with Crippen molar-refractivity contribution < 1.29 is 33.0 Å². The molecule has 11 nitrogen and oxygen atoms in total. The van der Waals surface area contributed by atoms with Crippen LogP contribution in [0.4, 0.5) is 9.18 Å². The van der Waals surface area contributed by atoms with Gasteiger partial charge in [-0.1, -0.05) is 24.3 Å². The Hall–Kier alpha value is -4.74. The lowest BCUT2D eigenvalue weighted by molar-refractivity contribution is -0.149. The normalized spacial score (nSPS) is 25.3. The standard InChI is InChI=1S/C35H40FN5O6/c1-5-46-33(43)35-19-23(35)12-8-6-7-9-16-40(3)34(44)41-20-25(18-27(41)31(42)39-35)47-32-26-14-15-28(45-4)21(2)29(26)37-30(38-32)22-11-10-13-24(36)17-22/h8,10-15,17,23,25,27H,5-7,9,16,18-20H2,1-4H3,(H,39,42)/b12-8-. The highest BCUT2D eigenvalue weighted by atomic mass is 19.1. The summed E-state index contributed by atoms with van der Waals surface area (Å²) in [7, 11) is 3.30. The average Bonchev–Trinajstić information content (AvgIpc) is 3.59. The fraction of sp³-hybridized carbons (Fsp3) is 0.457. The van der Waals surface area contributed by atoms with Crippen molar-refractivity contribution in [1.82, 2.24) is 25.1 Å². The quantitative estimate of drug-likeness (QED) is 0.300. The number of aryl methyl sites for hydroxylation is 1. The first-order valence-electron chi connectivity index (χ1n) is 16.1. The maximum atomic E-state index is 14.2. The zero-order valence-corrected chi connectivity index (χ0v) is 27.1. The maximum absolute atomic E-state index is 14.2. The van der Waals surface area contributed by atoms with Gasteiger partial charge in [-0.3, -0.25) is 4.79 Å². The van der Waals surface area contributed by atoms with E-state index in [1.54, 1.807) is 50.2 Å². The molecule has 1 N–H and O–H groups in total. The molecule has 3 aromatic rings. The molecule has 2 aromatic carbocycles. The number of nitrogens with zero attached hydrogens (tertiary/aromatic N) is 4. The summed E-state index contributed by atoms with van der Waals surface area (Å²) in [5, 5.41) is 3.58. The number of urea groups is 1. The molecule has 248 valence electrons. The van der Waals surface area contributed by atoms with Gasteiger partial charge in [-0.25, -0.2) is 19.0 Å². The fourth-order valence-electron chi connectivity index (χ4n) is 6.55. The summed E-state index contributed by atoms with van der Waals surface area (Å²) in [6.45, 7) is 4.45. The molecule has 0 spiro atoms. The van der Waals surface area contributed by atoms with E-state index < -0.39 is 35.4 Å². The maximum Gasteiger partial charge on any atom is 0.332 e. The number of rotatable bonds is 6. The molecule has 1 saturated carbocycles. The number of fused-ring (bicyclic) bond motifs is 3. The molecule has 3 aliphatic rings. The van der Waals surface area contributed by atoms with Crippen LogP contribution in [0.25, 0.3) is 22.3 Å². The third kappa shape index (κ3) is 6.33. The van der Waals surface area contributed by atoms with E-state index in [1.165, 1.54) is 17.0 Å². The highest BCUT2D eigenvalue weighted by Gasteiger charge is 2.62. The van der Waals surface area contributed by atoms with Crippen LogP contribution in [0.1, 0.15) is 44.6 Å². The van der Waals surface area contributed by atoms with Crippen molar-refractivity contribution in [1.29, 1.82) is 0 Å². The summed E-state index contributed by atoms with van der Waals surface area (Å²) < 4.78 is 31.6. The van der Waals surface area contributed by atoms with Gasteiger partial charge in [0.05, 0.1) is 31.2 Å². The lowest BCUT2D eigenvalue weighted by Gasteiger charge is -2.30. The molecule has 0 bridgehead atoms. The molecule has 12 heteroatoms. The number of allylic oxidation sites excluding steroid dienone is 1. The minimum Gasteiger partial charge on any atom is -0.496 e. The van der Waals surface area contributed by atoms with E-state index in [1.807, 2.05) is 19.1 Å². The summed E-state index contributed by atoms with van der Waals surface area (Å²) in [6.07, 6.45) is 6.50. The molecule has 4 unspecified atom stereocenters. The zero-order valence-electron chi connectivity index (χ0n) is 27.1. The summed E-state index contributed by atoms with van der Waals surface area (Å²) in [5.74, 6) is -0.388. The van der Waals surface area contributed by atoms with Crippen molar-refractivity contribution in [3.8, 4) is 23.0 Å². The van der Waals surface area contributed by atoms with Gasteiger partial charge in [0, 0.05) is 37.1 Å². The lowest BCUT2D eigenvalue weighted by atomic mass is 10.1. The molecule has 2 aliphatic heterocycles. The van der Waals surface area contributed by atoms with Gasteiger partial charge >= 0.3 is 12.0 Å². The fourth-order valence-corrected chi connectivity index (χ4v) is 6.55. The van der Waals surface area contributed by atoms with Crippen LogP contribution in [0.15, 0.2) is 48.6 Å². The Morgan fingerprint density at radius 2 is 2.00 bits per heavy atom. The van der Waals surface area contributed by atoms with E-state index in [2.05, 4.69) is 5.32 Å². The molecule has 2 fully saturated rings. The van der Waals surface area contributed by atoms with E-state index in [9.17, 15) is 18.8 Å². The van der Waals surface area contributed by atoms with Crippen molar-refractivity contribution in [3.05, 3.63) is 59.9 Å². The molecule has 1 aliphatic carbocycles. The van der Waals surface area contributed by atoms with Gasteiger partial charge in [-0.2, -0.15) is 4.98 Å². The summed E-state index contributed by atoms with van der Waals surface area (Å²) in [4.78, 5) is 53.4. The first-order valence-corrected chi connectivity index (χ1v) is 16.1. The van der Waals surface area contributed by atoms with Crippen LogP contribution in [0.5, 0.6) is 11.6 Å². The van der Waals surface area contributed by atoms with Gasteiger partial charge in [0.15, 0.2) is 5.82 Å². The molecule has 47 heavy (non-hydrogen) atoms. The predicted molar refractivity (Wildman–Crippen MR) is 172 cm³/mol. The molecule has 6 rings (SSSR count). The number of methoxy groups -OCH3 is 1. The Bertz CT molecular complexity index is 1730. The van der Waals surface area contributed by atoms with Crippen LogP contribution in [0.3, 0.4) is 0 Å². The number of benzene rings is 2. The van der Waals surface area contributed by atoms with Crippen LogP contribution in [0.2, 0.25) is 0 Å². The first kappa shape index (κ1) is 32.2. The van der Waals surface area contributed by atoms with Gasteiger partial charge in [-0.05, 0) is 63.8 Å². The highest BCUT2D eigenvalue weighted by Crippen LogP contribution is 2.46. The Morgan fingerprint density at radius 1 is 1.17 bits per heavy atom. The van der Waals surface area contributed by atoms with E-state index in [0.29, 0.717) is 35.2 Å². The first-order chi connectivity index (χ1) is 22.6. The van der Waals surface area contributed by atoms with E-state index in [0.717, 1.165) is 24.8 Å². The van der Waals surface area contributed by atoms with Gasteiger partial charge in [0.25, 0.3) is 0 Å². The van der Waals surface area contributed by atoms with Crippen molar-refractivity contribution in [3.63, 3.8) is 0 Å². The summed E-state index contributed by atoms with van der Waals surface area (Å²) in [6, 6.07) is 8.40. The van der Waals surface area contributed by atoms with Crippen LogP contribution < -0.4 is 14.8 Å².